The van der Waals surface area contributed by atoms with Crippen LogP contribution in [0, 0.1) is 0 Å². The van der Waals surface area contributed by atoms with Crippen LogP contribution >= 0.6 is 23.5 Å². The highest BCUT2D eigenvalue weighted by atomic mass is 32.2. The number of nitrogens with one attached hydrogen (secondary N) is 2. The molecule has 0 spiro atoms. The summed E-state index contributed by atoms with van der Waals surface area (Å²) >= 11 is 2.41. The normalized spacial score (nSPS) is 28.4. The van der Waals surface area contributed by atoms with E-state index in [1.54, 1.807) is 11.9 Å². The van der Waals surface area contributed by atoms with Gasteiger partial charge in [-0.15, -0.1) is 23.5 Å². The van der Waals surface area contributed by atoms with Gasteiger partial charge >= 0.3 is 0 Å². The largest absolute Gasteiger partial charge is 0.388 e. The van der Waals surface area contributed by atoms with Crippen molar-refractivity contribution in [1.29, 1.82) is 0 Å². The molecule has 9 nitrogen and oxygen atoms in total. The van der Waals surface area contributed by atoms with Gasteiger partial charge in [-0.25, -0.2) is 0 Å². The molecule has 214 valence electrons. The number of ketones is 2. The summed E-state index contributed by atoms with van der Waals surface area (Å²) in [5.74, 6) is -0.101. The van der Waals surface area contributed by atoms with Crippen LogP contribution in [0.15, 0.2) is 54.7 Å². The molecule has 2 amide bonds. The molecule has 0 bridgehead atoms. The number of para-hydroxylation sites is 2. The molecule has 3 aliphatic rings. The maximum atomic E-state index is 14.5. The van der Waals surface area contributed by atoms with Gasteiger partial charge in [0.2, 0.25) is 0 Å². The minimum Gasteiger partial charge on any atom is -0.388 e. The molecule has 4 heterocycles. The van der Waals surface area contributed by atoms with E-state index in [4.69, 9.17) is 0 Å². The van der Waals surface area contributed by atoms with Gasteiger partial charge in [-0.2, -0.15) is 0 Å². The molecular formula is C30H32N4O5S2. The molecule has 1 aromatic heterocycles. The van der Waals surface area contributed by atoms with Crippen molar-refractivity contribution in [2.75, 3.05) is 23.9 Å². The van der Waals surface area contributed by atoms with Crippen molar-refractivity contribution < 1.29 is 24.3 Å². The van der Waals surface area contributed by atoms with Gasteiger partial charge in [-0.05, 0) is 37.1 Å². The van der Waals surface area contributed by atoms with Crippen molar-refractivity contribution in [3.63, 3.8) is 0 Å². The van der Waals surface area contributed by atoms with Crippen molar-refractivity contribution >= 4 is 63.5 Å². The van der Waals surface area contributed by atoms with Crippen molar-refractivity contribution in [1.82, 2.24) is 14.8 Å². The lowest BCUT2D eigenvalue weighted by atomic mass is 9.70. The van der Waals surface area contributed by atoms with Gasteiger partial charge in [-0.3, -0.25) is 24.1 Å². The number of Topliss-reactive ketones (excluding diaryl/α,β-unsaturated/α-hetero) is 2. The number of amides is 2. The second kappa shape index (κ2) is 10.2. The van der Waals surface area contributed by atoms with Crippen molar-refractivity contribution in [3.05, 3.63) is 65.9 Å². The topological polar surface area (TPSA) is 123 Å². The number of thioether (sulfide) groups is 2. The number of aliphatic hydroxyl groups excluding tert-OH is 1. The fourth-order valence-corrected chi connectivity index (χ4v) is 9.49. The number of carbonyl (C=O) groups is 4. The monoisotopic (exact) mass is 592 g/mol. The van der Waals surface area contributed by atoms with Gasteiger partial charge in [0.25, 0.3) is 11.8 Å². The SMILES string of the molecule is CC(=O)CCS[C@H]1C(=O)N2[C@H]3Nc4ccccc4[C@@]3(c3c[nH]c4ccccc34)C(O)[C@]2(SCCC(C)=O)C(=O)N1C. The smallest absolute Gasteiger partial charge is 0.263 e. The van der Waals surface area contributed by atoms with E-state index in [9.17, 15) is 24.3 Å². The first-order chi connectivity index (χ1) is 19.7. The minimum absolute atomic E-state index is 0.00623. The minimum atomic E-state index is -1.68. The van der Waals surface area contributed by atoms with E-state index in [0.717, 1.165) is 39.5 Å². The zero-order chi connectivity index (χ0) is 29.1. The van der Waals surface area contributed by atoms with Gasteiger partial charge in [-0.1, -0.05) is 36.4 Å². The third-order valence-corrected chi connectivity index (χ3v) is 11.2. The Morgan fingerprint density at radius 2 is 1.66 bits per heavy atom. The maximum absolute atomic E-state index is 14.5. The highest BCUT2D eigenvalue weighted by Crippen LogP contribution is 2.63. The number of fused-ring (bicyclic) bond motifs is 6. The number of aliphatic hydroxyl groups is 1. The highest BCUT2D eigenvalue weighted by Gasteiger charge is 2.77. The van der Waals surface area contributed by atoms with Crippen LogP contribution in [-0.2, 0) is 24.6 Å². The summed E-state index contributed by atoms with van der Waals surface area (Å²) in [6.07, 6.45) is 0.220. The van der Waals surface area contributed by atoms with E-state index in [1.807, 2.05) is 54.7 Å². The van der Waals surface area contributed by atoms with E-state index >= 15 is 0 Å². The molecule has 6 rings (SSSR count). The molecule has 3 aromatic rings. The molecule has 2 saturated heterocycles. The van der Waals surface area contributed by atoms with Gasteiger partial charge in [0, 0.05) is 54.2 Å². The second-order valence-electron chi connectivity index (χ2n) is 10.9. The molecule has 3 aliphatic heterocycles. The van der Waals surface area contributed by atoms with Crippen LogP contribution in [0.4, 0.5) is 5.69 Å². The number of hydrogen-bond donors (Lipinski definition) is 3. The summed E-state index contributed by atoms with van der Waals surface area (Å²) in [5, 5.41) is 16.3. The molecule has 1 unspecified atom stereocenters. The first kappa shape index (κ1) is 27.9. The van der Waals surface area contributed by atoms with E-state index in [0.29, 0.717) is 5.75 Å². The summed E-state index contributed by atoms with van der Waals surface area (Å²) < 4.78 is 0. The van der Waals surface area contributed by atoms with Gasteiger partial charge < -0.3 is 20.3 Å². The second-order valence-corrected chi connectivity index (χ2v) is 13.4. The molecular weight excluding hydrogens is 560 g/mol. The van der Waals surface area contributed by atoms with Gasteiger partial charge in [0.05, 0.1) is 5.41 Å². The van der Waals surface area contributed by atoms with Crippen LogP contribution in [0.5, 0.6) is 0 Å². The van der Waals surface area contributed by atoms with Crippen molar-refractivity contribution in [3.8, 4) is 0 Å². The Morgan fingerprint density at radius 1 is 0.976 bits per heavy atom. The lowest BCUT2D eigenvalue weighted by Crippen LogP contribution is -2.71. The Kier molecular flexibility index (Phi) is 6.94. The summed E-state index contributed by atoms with van der Waals surface area (Å²) in [5.41, 5.74) is 2.05. The third kappa shape index (κ3) is 3.89. The van der Waals surface area contributed by atoms with Crippen LogP contribution in [0.3, 0.4) is 0 Å². The molecule has 3 N–H and O–H groups in total. The number of benzene rings is 2. The average molecular weight is 593 g/mol. The summed E-state index contributed by atoms with van der Waals surface area (Å²) in [7, 11) is 1.58. The first-order valence-corrected chi connectivity index (χ1v) is 15.6. The Morgan fingerprint density at radius 3 is 2.41 bits per heavy atom. The predicted molar refractivity (Wildman–Crippen MR) is 161 cm³/mol. The lowest BCUT2D eigenvalue weighted by Gasteiger charge is -2.49. The zero-order valence-electron chi connectivity index (χ0n) is 23.0. The predicted octanol–water partition coefficient (Wildman–Crippen LogP) is 3.33. The van der Waals surface area contributed by atoms with Gasteiger partial charge in [0.1, 0.15) is 23.8 Å². The molecule has 41 heavy (non-hydrogen) atoms. The quantitative estimate of drug-likeness (QED) is 0.346. The van der Waals surface area contributed by atoms with Crippen LogP contribution in [0.1, 0.15) is 37.8 Å². The van der Waals surface area contributed by atoms with Gasteiger partial charge in [0.15, 0.2) is 10.2 Å². The fourth-order valence-electron chi connectivity index (χ4n) is 6.64. The number of piperazine rings is 1. The molecule has 11 heteroatoms. The Balaban J connectivity index is 1.57. The van der Waals surface area contributed by atoms with Crippen LogP contribution in [0.25, 0.3) is 10.9 Å². The first-order valence-electron chi connectivity index (χ1n) is 13.6. The number of aromatic nitrogens is 1. The van der Waals surface area contributed by atoms with Crippen LogP contribution < -0.4 is 5.32 Å². The summed E-state index contributed by atoms with van der Waals surface area (Å²) in [6, 6.07) is 15.4. The average Bonchev–Trinajstić information content (AvgIpc) is 3.57. The molecule has 2 fully saturated rings. The standard InChI is InChI=1S/C30H32N4O5S2/c1-17(35)12-14-40-25-24(37)34-27-29(20-9-5-7-11-23(20)32-27,21-16-31-22-10-6-4-8-19(21)22)26(38)30(34,28(39)33(25)3)41-15-13-18(2)36/h4-11,16,25-27,31-32,38H,12-15H2,1-3H3/t25-,26?,27+,29+,30-/m0/s1. The fraction of sp³-hybridized carbons (Fsp3) is 0.400. The lowest BCUT2D eigenvalue weighted by molar-refractivity contribution is -0.160. The zero-order valence-corrected chi connectivity index (χ0v) is 24.7. The Hall–Kier alpha value is -3.28. The van der Waals surface area contributed by atoms with E-state index < -0.39 is 33.8 Å². The Bertz CT molecular complexity index is 1570. The summed E-state index contributed by atoms with van der Waals surface area (Å²) in [6.45, 7) is 2.99. The maximum Gasteiger partial charge on any atom is 0.263 e. The van der Waals surface area contributed by atoms with Crippen molar-refractivity contribution in [2.24, 2.45) is 0 Å². The number of carbonyl (C=O) groups excluding carboxylic acids is 4. The number of hydrogen-bond acceptors (Lipinski definition) is 8. The number of aromatic amines is 1. The van der Waals surface area contributed by atoms with Crippen molar-refractivity contribution in [2.45, 2.75) is 54.6 Å². The highest BCUT2D eigenvalue weighted by molar-refractivity contribution is 8.01. The number of anilines is 1. The molecule has 2 aromatic carbocycles. The van der Waals surface area contributed by atoms with E-state index in [2.05, 4.69) is 10.3 Å². The van der Waals surface area contributed by atoms with E-state index in [1.165, 1.54) is 30.5 Å². The van der Waals surface area contributed by atoms with E-state index in [-0.39, 0.29) is 36.1 Å². The Labute approximate surface area is 246 Å². The molecule has 0 radical (unpaired) electrons. The number of likely N-dealkylation sites (N-methyl/N-ethyl adjacent to an activating group) is 1. The molecule has 5 atom stereocenters. The van der Waals surface area contributed by atoms with Crippen LogP contribution in [-0.4, -0.2) is 84.3 Å². The number of rotatable bonds is 9. The number of nitrogens with zero attached hydrogens (tertiary/aromatic N) is 2. The molecule has 0 aliphatic carbocycles. The number of H-pyrrole nitrogens is 1. The molecule has 0 saturated carbocycles. The van der Waals surface area contributed by atoms with Crippen LogP contribution in [0.2, 0.25) is 0 Å². The third-order valence-electron chi connectivity index (χ3n) is 8.48. The summed E-state index contributed by atoms with van der Waals surface area (Å²) in [4.78, 5) is 57.3.